The zero-order chi connectivity index (χ0) is 13.4. The predicted octanol–water partition coefficient (Wildman–Crippen LogP) is 2.87. The molecule has 6 heteroatoms. The summed E-state index contributed by atoms with van der Waals surface area (Å²) in [5.74, 6) is -0.220. The van der Waals surface area contributed by atoms with Crippen LogP contribution in [0.25, 0.3) is 0 Å². The Bertz CT molecular complexity index is 416. The number of ether oxygens (including phenoxy) is 1. The summed E-state index contributed by atoms with van der Waals surface area (Å²) in [4.78, 5) is 11.3. The first-order valence-electron chi connectivity index (χ1n) is 5.48. The van der Waals surface area contributed by atoms with Crippen molar-refractivity contribution in [1.29, 1.82) is 0 Å². The molecule has 0 aliphatic rings. The van der Waals surface area contributed by atoms with Gasteiger partial charge in [0.05, 0.1) is 29.3 Å². The first-order valence-corrected chi connectivity index (χ1v) is 6.24. The van der Waals surface area contributed by atoms with Crippen molar-refractivity contribution in [3.8, 4) is 0 Å². The van der Waals surface area contributed by atoms with Gasteiger partial charge in [0.1, 0.15) is 0 Å². The number of hydrazone groups is 1. The average Bonchev–Trinajstić information content (AvgIpc) is 2.33. The maximum atomic E-state index is 11.3. The normalized spacial score (nSPS) is 10.8. The molecule has 1 aromatic rings. The van der Waals surface area contributed by atoms with Gasteiger partial charge in [-0.1, -0.05) is 29.3 Å². The highest BCUT2D eigenvalue weighted by Gasteiger charge is 2.02. The van der Waals surface area contributed by atoms with Crippen LogP contribution in [0, 0.1) is 0 Å². The Morgan fingerprint density at radius 2 is 2.11 bits per heavy atom. The molecular weight excluding hydrogens is 275 g/mol. The van der Waals surface area contributed by atoms with Crippen LogP contribution in [0.2, 0.25) is 10.0 Å². The van der Waals surface area contributed by atoms with Crippen LogP contribution < -0.4 is 5.43 Å². The van der Waals surface area contributed by atoms with Crippen molar-refractivity contribution in [2.24, 2.45) is 5.10 Å². The van der Waals surface area contributed by atoms with Crippen LogP contribution in [0.15, 0.2) is 23.3 Å². The van der Waals surface area contributed by atoms with E-state index in [4.69, 9.17) is 27.9 Å². The lowest BCUT2D eigenvalue weighted by molar-refractivity contribution is -0.122. The first kappa shape index (κ1) is 15.0. The lowest BCUT2D eigenvalue weighted by Gasteiger charge is -2.02. The summed E-state index contributed by atoms with van der Waals surface area (Å²) in [6.07, 6.45) is 1.69. The van der Waals surface area contributed by atoms with E-state index in [0.29, 0.717) is 28.8 Å². The van der Waals surface area contributed by atoms with E-state index in [1.807, 2.05) is 6.92 Å². The van der Waals surface area contributed by atoms with Crippen molar-refractivity contribution < 1.29 is 9.53 Å². The number of hydrogen-bond donors (Lipinski definition) is 1. The molecule has 0 aromatic heterocycles. The third kappa shape index (κ3) is 5.04. The van der Waals surface area contributed by atoms with Gasteiger partial charge < -0.3 is 4.74 Å². The van der Waals surface area contributed by atoms with Crippen molar-refractivity contribution in [3.05, 3.63) is 33.8 Å². The van der Waals surface area contributed by atoms with Gasteiger partial charge in [-0.15, -0.1) is 0 Å². The first-order chi connectivity index (χ1) is 8.65. The average molecular weight is 289 g/mol. The second-order valence-corrected chi connectivity index (χ2v) is 4.19. The van der Waals surface area contributed by atoms with E-state index < -0.39 is 0 Å². The molecule has 98 valence electrons. The van der Waals surface area contributed by atoms with Gasteiger partial charge in [-0.3, -0.25) is 4.79 Å². The molecule has 0 atom stereocenters. The monoisotopic (exact) mass is 288 g/mol. The number of hydrogen-bond acceptors (Lipinski definition) is 3. The molecule has 0 spiro atoms. The van der Waals surface area contributed by atoms with Gasteiger partial charge in [-0.05, 0) is 19.1 Å². The van der Waals surface area contributed by atoms with Crippen molar-refractivity contribution >= 4 is 35.3 Å². The SMILES string of the molecule is CCOCCC(=O)N/N=C/c1c(Cl)cccc1Cl. The molecule has 1 aromatic carbocycles. The Morgan fingerprint density at radius 3 is 2.72 bits per heavy atom. The van der Waals surface area contributed by atoms with E-state index in [1.54, 1.807) is 18.2 Å². The highest BCUT2D eigenvalue weighted by Crippen LogP contribution is 2.21. The Labute approximate surface area is 116 Å². The summed E-state index contributed by atoms with van der Waals surface area (Å²) in [7, 11) is 0. The van der Waals surface area contributed by atoms with Crippen LogP contribution in [0.4, 0.5) is 0 Å². The maximum Gasteiger partial charge on any atom is 0.242 e. The van der Waals surface area contributed by atoms with Crippen LogP contribution in [0.1, 0.15) is 18.9 Å². The van der Waals surface area contributed by atoms with E-state index >= 15 is 0 Å². The van der Waals surface area contributed by atoms with Crippen molar-refractivity contribution in [2.45, 2.75) is 13.3 Å². The second-order valence-electron chi connectivity index (χ2n) is 3.38. The van der Waals surface area contributed by atoms with Crippen LogP contribution in [0.3, 0.4) is 0 Å². The molecule has 0 aliphatic heterocycles. The highest BCUT2D eigenvalue weighted by atomic mass is 35.5. The maximum absolute atomic E-state index is 11.3. The number of carbonyl (C=O) groups excluding carboxylic acids is 1. The van der Waals surface area contributed by atoms with E-state index in [2.05, 4.69) is 10.5 Å². The molecule has 0 saturated heterocycles. The Kier molecular flexibility index (Phi) is 6.72. The third-order valence-electron chi connectivity index (χ3n) is 2.06. The number of rotatable bonds is 6. The van der Waals surface area contributed by atoms with Crippen molar-refractivity contribution in [3.63, 3.8) is 0 Å². The quantitative estimate of drug-likeness (QED) is 0.497. The molecule has 1 N–H and O–H groups in total. The summed E-state index contributed by atoms with van der Waals surface area (Å²) < 4.78 is 5.05. The molecule has 0 aliphatic carbocycles. The topological polar surface area (TPSA) is 50.7 Å². The fraction of sp³-hybridized carbons (Fsp3) is 0.333. The summed E-state index contributed by atoms with van der Waals surface area (Å²) >= 11 is 11.9. The number of nitrogens with one attached hydrogen (secondary N) is 1. The van der Waals surface area contributed by atoms with Crippen LogP contribution in [-0.4, -0.2) is 25.3 Å². The second kappa shape index (κ2) is 8.08. The minimum absolute atomic E-state index is 0.220. The molecule has 0 fully saturated rings. The molecule has 0 unspecified atom stereocenters. The van der Waals surface area contributed by atoms with E-state index in [9.17, 15) is 4.79 Å². The number of amides is 1. The molecule has 18 heavy (non-hydrogen) atoms. The van der Waals surface area contributed by atoms with Crippen LogP contribution in [-0.2, 0) is 9.53 Å². The van der Waals surface area contributed by atoms with E-state index in [1.165, 1.54) is 6.21 Å². The van der Waals surface area contributed by atoms with Gasteiger partial charge >= 0.3 is 0 Å². The fourth-order valence-corrected chi connectivity index (χ4v) is 1.66. The van der Waals surface area contributed by atoms with Gasteiger partial charge in [0.2, 0.25) is 5.91 Å². The van der Waals surface area contributed by atoms with Gasteiger partial charge in [0.15, 0.2) is 0 Å². The number of halogens is 2. The van der Waals surface area contributed by atoms with E-state index in [0.717, 1.165) is 0 Å². The van der Waals surface area contributed by atoms with Crippen molar-refractivity contribution in [1.82, 2.24) is 5.43 Å². The zero-order valence-electron chi connectivity index (χ0n) is 9.95. The minimum Gasteiger partial charge on any atom is -0.381 e. The summed E-state index contributed by atoms with van der Waals surface area (Å²) in [6.45, 7) is 2.84. The Balaban J connectivity index is 2.47. The minimum atomic E-state index is -0.220. The molecule has 4 nitrogen and oxygen atoms in total. The highest BCUT2D eigenvalue weighted by molar-refractivity contribution is 6.38. The van der Waals surface area contributed by atoms with Gasteiger partial charge in [0.25, 0.3) is 0 Å². The number of carbonyl (C=O) groups is 1. The summed E-state index contributed by atoms with van der Waals surface area (Å²) in [6, 6.07) is 5.14. The third-order valence-corrected chi connectivity index (χ3v) is 2.72. The molecule has 1 amide bonds. The van der Waals surface area contributed by atoms with Gasteiger partial charge in [0, 0.05) is 12.2 Å². The fourth-order valence-electron chi connectivity index (χ4n) is 1.17. The van der Waals surface area contributed by atoms with Crippen molar-refractivity contribution in [2.75, 3.05) is 13.2 Å². The smallest absolute Gasteiger partial charge is 0.242 e. The summed E-state index contributed by atoms with van der Waals surface area (Å²) in [5, 5.41) is 4.76. The lowest BCUT2D eigenvalue weighted by Crippen LogP contribution is -2.19. The largest absolute Gasteiger partial charge is 0.381 e. The molecule has 0 radical (unpaired) electrons. The number of benzene rings is 1. The molecule has 0 bridgehead atoms. The zero-order valence-corrected chi connectivity index (χ0v) is 11.5. The molecule has 0 saturated carbocycles. The van der Waals surface area contributed by atoms with Crippen LogP contribution >= 0.6 is 23.2 Å². The number of nitrogens with zero attached hydrogens (tertiary/aromatic N) is 1. The summed E-state index contributed by atoms with van der Waals surface area (Å²) in [5.41, 5.74) is 2.95. The Morgan fingerprint density at radius 1 is 1.44 bits per heavy atom. The standard InChI is InChI=1S/C12H14Cl2N2O2/c1-2-18-7-6-12(17)16-15-8-9-10(13)4-3-5-11(9)14/h3-5,8H,2,6-7H2,1H3,(H,16,17)/b15-8+. The van der Waals surface area contributed by atoms with Gasteiger partial charge in [-0.2, -0.15) is 5.10 Å². The Hall–Kier alpha value is -1.10. The van der Waals surface area contributed by atoms with E-state index in [-0.39, 0.29) is 12.3 Å². The lowest BCUT2D eigenvalue weighted by atomic mass is 10.2. The predicted molar refractivity (Wildman–Crippen MR) is 73.3 cm³/mol. The molecule has 0 heterocycles. The molecular formula is C12H14Cl2N2O2. The molecule has 1 rings (SSSR count). The van der Waals surface area contributed by atoms with Crippen LogP contribution in [0.5, 0.6) is 0 Å². The van der Waals surface area contributed by atoms with Gasteiger partial charge in [-0.25, -0.2) is 5.43 Å².